The van der Waals surface area contributed by atoms with Crippen LogP contribution in [-0.4, -0.2) is 17.0 Å². The minimum atomic E-state index is -0.218. The molecule has 0 radical (unpaired) electrons. The van der Waals surface area contributed by atoms with Gasteiger partial charge in [-0.2, -0.15) is 0 Å². The van der Waals surface area contributed by atoms with Gasteiger partial charge in [0.2, 0.25) is 5.95 Å². The molecule has 0 aliphatic heterocycles. The minimum absolute atomic E-state index is 0.218. The maximum atomic E-state index is 12.8. The van der Waals surface area contributed by atoms with E-state index in [0.717, 1.165) is 17.0 Å². The average Bonchev–Trinajstić information content (AvgIpc) is 2.31. The number of rotatable bonds is 3. The first kappa shape index (κ1) is 12.5. The van der Waals surface area contributed by atoms with Gasteiger partial charge in [-0.05, 0) is 37.6 Å². The first-order valence-electron chi connectivity index (χ1n) is 5.82. The summed E-state index contributed by atoms with van der Waals surface area (Å²) in [5.74, 6) is 0.473. The zero-order valence-electron chi connectivity index (χ0n) is 10.8. The number of nitrogens with zero attached hydrogens (tertiary/aromatic N) is 3. The fourth-order valence-corrected chi connectivity index (χ4v) is 1.81. The van der Waals surface area contributed by atoms with Gasteiger partial charge in [0, 0.05) is 25.0 Å². The van der Waals surface area contributed by atoms with Gasteiger partial charge in [0.15, 0.2) is 0 Å². The number of anilines is 1. The van der Waals surface area contributed by atoms with Gasteiger partial charge in [-0.25, -0.2) is 14.4 Å². The van der Waals surface area contributed by atoms with Crippen LogP contribution in [0.5, 0.6) is 0 Å². The third-order valence-electron chi connectivity index (χ3n) is 2.64. The second kappa shape index (κ2) is 5.12. The lowest BCUT2D eigenvalue weighted by atomic mass is 10.2. The van der Waals surface area contributed by atoms with Gasteiger partial charge in [0.25, 0.3) is 0 Å². The Morgan fingerprint density at radius 1 is 1.06 bits per heavy atom. The molecule has 2 rings (SSSR count). The lowest BCUT2D eigenvalue weighted by Crippen LogP contribution is -2.19. The van der Waals surface area contributed by atoms with Gasteiger partial charge < -0.3 is 4.90 Å². The molecular formula is C14H16FN3. The van der Waals surface area contributed by atoms with E-state index in [-0.39, 0.29) is 5.82 Å². The van der Waals surface area contributed by atoms with Crippen LogP contribution in [0.2, 0.25) is 0 Å². The Labute approximate surface area is 106 Å². The number of hydrogen-bond acceptors (Lipinski definition) is 3. The zero-order chi connectivity index (χ0) is 13.1. The van der Waals surface area contributed by atoms with Crippen LogP contribution in [0, 0.1) is 19.7 Å². The van der Waals surface area contributed by atoms with E-state index in [1.54, 1.807) is 12.1 Å². The molecule has 1 aromatic heterocycles. The molecule has 18 heavy (non-hydrogen) atoms. The summed E-state index contributed by atoms with van der Waals surface area (Å²) in [6.45, 7) is 4.55. The fourth-order valence-electron chi connectivity index (χ4n) is 1.81. The first-order chi connectivity index (χ1) is 8.54. The highest BCUT2D eigenvalue weighted by Crippen LogP contribution is 2.12. The van der Waals surface area contributed by atoms with Crippen LogP contribution in [0.25, 0.3) is 0 Å². The molecule has 0 unspecified atom stereocenters. The molecule has 0 saturated carbocycles. The van der Waals surface area contributed by atoms with Crippen molar-refractivity contribution < 1.29 is 4.39 Å². The molecule has 0 spiro atoms. The highest BCUT2D eigenvalue weighted by atomic mass is 19.1. The van der Waals surface area contributed by atoms with Crippen LogP contribution in [0.1, 0.15) is 17.0 Å². The van der Waals surface area contributed by atoms with E-state index in [2.05, 4.69) is 9.97 Å². The smallest absolute Gasteiger partial charge is 0.225 e. The molecule has 1 heterocycles. The molecule has 0 N–H and O–H groups in total. The molecule has 3 nitrogen and oxygen atoms in total. The molecule has 94 valence electrons. The predicted molar refractivity (Wildman–Crippen MR) is 70.0 cm³/mol. The minimum Gasteiger partial charge on any atom is -0.340 e. The maximum absolute atomic E-state index is 12.8. The van der Waals surface area contributed by atoms with Gasteiger partial charge in [-0.3, -0.25) is 0 Å². The Morgan fingerprint density at radius 2 is 1.61 bits per heavy atom. The Bertz CT molecular complexity index is 517. The molecule has 0 amide bonds. The molecule has 2 aromatic rings. The number of halogens is 1. The summed E-state index contributed by atoms with van der Waals surface area (Å²) in [6.07, 6.45) is 0. The predicted octanol–water partition coefficient (Wildman–Crippen LogP) is 2.87. The normalized spacial score (nSPS) is 10.4. The highest BCUT2D eigenvalue weighted by molar-refractivity contribution is 5.33. The van der Waals surface area contributed by atoms with Gasteiger partial charge in [-0.15, -0.1) is 0 Å². The van der Waals surface area contributed by atoms with Crippen LogP contribution in [0.15, 0.2) is 30.3 Å². The summed E-state index contributed by atoms with van der Waals surface area (Å²) in [7, 11) is 1.93. The maximum Gasteiger partial charge on any atom is 0.225 e. The van der Waals surface area contributed by atoms with Crippen molar-refractivity contribution >= 4 is 5.95 Å². The lowest BCUT2D eigenvalue weighted by molar-refractivity contribution is 0.627. The van der Waals surface area contributed by atoms with Crippen molar-refractivity contribution in [3.05, 3.63) is 53.1 Å². The highest BCUT2D eigenvalue weighted by Gasteiger charge is 2.06. The van der Waals surface area contributed by atoms with E-state index in [1.165, 1.54) is 12.1 Å². The quantitative estimate of drug-likeness (QED) is 0.832. The molecule has 4 heteroatoms. The molecular weight excluding hydrogens is 229 g/mol. The Kier molecular flexibility index (Phi) is 3.55. The van der Waals surface area contributed by atoms with Gasteiger partial charge >= 0.3 is 0 Å². The number of aromatic nitrogens is 2. The van der Waals surface area contributed by atoms with E-state index in [9.17, 15) is 4.39 Å². The van der Waals surface area contributed by atoms with Crippen molar-refractivity contribution in [3.63, 3.8) is 0 Å². The zero-order valence-corrected chi connectivity index (χ0v) is 10.8. The Hall–Kier alpha value is -1.97. The first-order valence-corrected chi connectivity index (χ1v) is 5.82. The standard InChI is InChI=1S/C14H16FN3/c1-10-8-11(2)17-14(16-10)18(3)9-12-4-6-13(15)7-5-12/h4-8H,9H2,1-3H3. The van der Waals surface area contributed by atoms with Crippen molar-refractivity contribution in [1.82, 2.24) is 9.97 Å². The number of hydrogen-bond donors (Lipinski definition) is 0. The topological polar surface area (TPSA) is 29.0 Å². The third-order valence-corrected chi connectivity index (χ3v) is 2.64. The SMILES string of the molecule is Cc1cc(C)nc(N(C)Cc2ccc(F)cc2)n1. The average molecular weight is 245 g/mol. The van der Waals surface area contributed by atoms with Crippen molar-refractivity contribution in [2.45, 2.75) is 20.4 Å². The van der Waals surface area contributed by atoms with Gasteiger partial charge in [0.05, 0.1) is 0 Å². The van der Waals surface area contributed by atoms with E-state index >= 15 is 0 Å². The lowest BCUT2D eigenvalue weighted by Gasteiger charge is -2.17. The monoisotopic (exact) mass is 245 g/mol. The van der Waals surface area contributed by atoms with Crippen LogP contribution < -0.4 is 4.90 Å². The fraction of sp³-hybridized carbons (Fsp3) is 0.286. The van der Waals surface area contributed by atoms with Crippen LogP contribution in [-0.2, 0) is 6.54 Å². The molecule has 0 fully saturated rings. The second-order valence-electron chi connectivity index (χ2n) is 4.43. The number of aryl methyl sites for hydroxylation is 2. The summed E-state index contributed by atoms with van der Waals surface area (Å²) < 4.78 is 12.8. The molecule has 0 saturated heterocycles. The van der Waals surface area contributed by atoms with Gasteiger partial charge in [-0.1, -0.05) is 12.1 Å². The van der Waals surface area contributed by atoms with Crippen molar-refractivity contribution in [2.24, 2.45) is 0 Å². The Morgan fingerprint density at radius 3 is 2.17 bits per heavy atom. The number of benzene rings is 1. The summed E-state index contributed by atoms with van der Waals surface area (Å²) in [5, 5.41) is 0. The van der Waals surface area contributed by atoms with Crippen LogP contribution in [0.3, 0.4) is 0 Å². The summed E-state index contributed by atoms with van der Waals surface area (Å²) in [6, 6.07) is 8.41. The third kappa shape index (κ3) is 3.03. The van der Waals surface area contributed by atoms with Crippen molar-refractivity contribution in [2.75, 3.05) is 11.9 Å². The van der Waals surface area contributed by atoms with Crippen molar-refractivity contribution in [1.29, 1.82) is 0 Å². The van der Waals surface area contributed by atoms with Crippen LogP contribution in [0.4, 0.5) is 10.3 Å². The Balaban J connectivity index is 2.16. The van der Waals surface area contributed by atoms with Crippen LogP contribution >= 0.6 is 0 Å². The molecule has 0 atom stereocenters. The molecule has 1 aromatic carbocycles. The molecule has 0 aliphatic carbocycles. The van der Waals surface area contributed by atoms with E-state index in [0.29, 0.717) is 12.5 Å². The summed E-state index contributed by atoms with van der Waals surface area (Å²) in [4.78, 5) is 10.7. The van der Waals surface area contributed by atoms with Crippen molar-refractivity contribution in [3.8, 4) is 0 Å². The molecule has 0 bridgehead atoms. The largest absolute Gasteiger partial charge is 0.340 e. The summed E-state index contributed by atoms with van der Waals surface area (Å²) >= 11 is 0. The van der Waals surface area contributed by atoms with E-state index in [1.807, 2.05) is 31.9 Å². The van der Waals surface area contributed by atoms with E-state index in [4.69, 9.17) is 0 Å². The second-order valence-corrected chi connectivity index (χ2v) is 4.43. The van der Waals surface area contributed by atoms with Gasteiger partial charge in [0.1, 0.15) is 5.82 Å². The molecule has 0 aliphatic rings. The summed E-state index contributed by atoms with van der Waals surface area (Å²) in [5.41, 5.74) is 2.92. The van der Waals surface area contributed by atoms with E-state index < -0.39 is 0 Å².